The molecule has 0 aromatic rings. The van der Waals surface area contributed by atoms with Crippen molar-refractivity contribution in [2.45, 2.75) is 214 Å². The van der Waals surface area contributed by atoms with Gasteiger partial charge in [0.2, 0.25) is 0 Å². The van der Waals surface area contributed by atoms with Crippen LogP contribution in [0.3, 0.4) is 0 Å². The predicted octanol–water partition coefficient (Wildman–Crippen LogP) is 14.4. The first-order valence-corrected chi connectivity index (χ1v) is 21.1. The van der Waals surface area contributed by atoms with Gasteiger partial charge in [-0.25, -0.2) is 0 Å². The third-order valence-corrected chi connectivity index (χ3v) is 14.3. The summed E-state index contributed by atoms with van der Waals surface area (Å²) in [7, 11) is -0.724. The molecular formula is C37H78P+. The Kier molecular flexibility index (Phi) is 32.3. The fourth-order valence-corrected chi connectivity index (χ4v) is 11.4. The first-order valence-electron chi connectivity index (χ1n) is 18.6. The first kappa shape index (κ1) is 38.4. The Balaban J connectivity index is 4.49. The number of hydrogen-bond acceptors (Lipinski definition) is 0. The zero-order valence-corrected chi connectivity index (χ0v) is 28.7. The second kappa shape index (κ2) is 32.0. The maximum atomic E-state index is 2.43. The molecule has 0 aromatic heterocycles. The third kappa shape index (κ3) is 26.6. The van der Waals surface area contributed by atoms with Gasteiger partial charge in [0.25, 0.3) is 0 Å². The molecule has 0 amide bonds. The highest BCUT2D eigenvalue weighted by atomic mass is 31.2. The quantitative estimate of drug-likeness (QED) is 0.0560. The summed E-state index contributed by atoms with van der Waals surface area (Å²) in [6.07, 6.45) is 49.6. The van der Waals surface area contributed by atoms with Crippen molar-refractivity contribution in [3.05, 3.63) is 0 Å². The molecule has 0 bridgehead atoms. The topological polar surface area (TPSA) is 0 Å². The maximum Gasteiger partial charge on any atom is 0.0594 e. The molecular weight excluding hydrogens is 475 g/mol. The average molecular weight is 554 g/mol. The van der Waals surface area contributed by atoms with Crippen LogP contribution >= 0.6 is 7.26 Å². The van der Waals surface area contributed by atoms with Crippen LogP contribution in [-0.4, -0.2) is 24.6 Å². The maximum absolute atomic E-state index is 2.43. The molecule has 0 spiro atoms. The molecule has 0 atom stereocenters. The van der Waals surface area contributed by atoms with Crippen molar-refractivity contribution >= 4 is 7.26 Å². The van der Waals surface area contributed by atoms with Gasteiger partial charge in [0.15, 0.2) is 0 Å². The zero-order chi connectivity index (χ0) is 27.8. The molecule has 0 saturated carbocycles. The van der Waals surface area contributed by atoms with Crippen LogP contribution in [0.1, 0.15) is 214 Å². The molecule has 230 valence electrons. The fourth-order valence-electron chi connectivity index (χ4n) is 6.44. The van der Waals surface area contributed by atoms with E-state index >= 15 is 0 Å². The molecule has 0 aliphatic rings. The summed E-state index contributed by atoms with van der Waals surface area (Å²) in [6.45, 7) is 9.43. The molecule has 0 nitrogen and oxygen atoms in total. The zero-order valence-electron chi connectivity index (χ0n) is 27.8. The Morgan fingerprint density at radius 1 is 0.211 bits per heavy atom. The van der Waals surface area contributed by atoms with E-state index in [1.807, 2.05) is 0 Å². The van der Waals surface area contributed by atoms with Crippen molar-refractivity contribution in [3.8, 4) is 0 Å². The Morgan fingerprint density at radius 2 is 0.395 bits per heavy atom. The van der Waals surface area contributed by atoms with Crippen molar-refractivity contribution in [2.75, 3.05) is 24.6 Å². The normalized spacial score (nSPS) is 12.0. The van der Waals surface area contributed by atoms with Crippen LogP contribution in [-0.2, 0) is 0 Å². The molecule has 38 heavy (non-hydrogen) atoms. The summed E-state index contributed by atoms with van der Waals surface area (Å²) in [4.78, 5) is 0. The number of hydrogen-bond donors (Lipinski definition) is 0. The van der Waals surface area contributed by atoms with Crippen molar-refractivity contribution in [1.29, 1.82) is 0 Å². The molecule has 1 heteroatoms. The van der Waals surface area contributed by atoms with Gasteiger partial charge in [-0.05, 0) is 44.9 Å². The first-order chi connectivity index (χ1) is 18.7. The van der Waals surface area contributed by atoms with E-state index in [-0.39, 0.29) is 0 Å². The summed E-state index contributed by atoms with van der Waals surface area (Å²) in [5.41, 5.74) is 0. The van der Waals surface area contributed by atoms with Crippen molar-refractivity contribution in [3.63, 3.8) is 0 Å². The van der Waals surface area contributed by atoms with Gasteiger partial charge in [-0.2, -0.15) is 0 Å². The van der Waals surface area contributed by atoms with E-state index in [0.717, 1.165) is 0 Å². The van der Waals surface area contributed by atoms with Crippen LogP contribution in [0.25, 0.3) is 0 Å². The van der Waals surface area contributed by atoms with E-state index in [4.69, 9.17) is 0 Å². The summed E-state index contributed by atoms with van der Waals surface area (Å²) in [5, 5.41) is 0. The van der Waals surface area contributed by atoms with E-state index in [1.165, 1.54) is 167 Å². The van der Waals surface area contributed by atoms with Crippen molar-refractivity contribution in [2.24, 2.45) is 0 Å². The predicted molar refractivity (Wildman–Crippen MR) is 183 cm³/mol. The lowest BCUT2D eigenvalue weighted by atomic mass is 10.1. The van der Waals surface area contributed by atoms with Gasteiger partial charge in [0.1, 0.15) is 0 Å². The van der Waals surface area contributed by atoms with E-state index in [9.17, 15) is 0 Å². The van der Waals surface area contributed by atoms with Gasteiger partial charge in [-0.15, -0.1) is 0 Å². The van der Waals surface area contributed by atoms with E-state index in [1.54, 1.807) is 43.9 Å². The smallest absolute Gasteiger partial charge is 0.0594 e. The fraction of sp³-hybridized carbons (Fsp3) is 1.00. The third-order valence-electron chi connectivity index (χ3n) is 9.19. The second-order valence-electron chi connectivity index (χ2n) is 13.1. The van der Waals surface area contributed by atoms with E-state index in [0.29, 0.717) is 0 Å². The Bertz CT molecular complexity index is 362. The lowest BCUT2D eigenvalue weighted by Gasteiger charge is -2.28. The van der Waals surface area contributed by atoms with Gasteiger partial charge in [-0.1, -0.05) is 169 Å². The SMILES string of the molecule is CCCCCCCCCCC[P+](CCCC)(CCCCCCCCCCC)CCCCCCCCCCC. The molecule has 0 aliphatic heterocycles. The summed E-state index contributed by atoms with van der Waals surface area (Å²) in [6, 6.07) is 0. The Morgan fingerprint density at radius 3 is 0.632 bits per heavy atom. The molecule has 0 rings (SSSR count). The van der Waals surface area contributed by atoms with Crippen LogP contribution in [0.2, 0.25) is 0 Å². The van der Waals surface area contributed by atoms with Gasteiger partial charge in [0.05, 0.1) is 24.6 Å². The summed E-state index contributed by atoms with van der Waals surface area (Å²) < 4.78 is 0. The number of unbranched alkanes of at least 4 members (excludes halogenated alkanes) is 25. The second-order valence-corrected chi connectivity index (χ2v) is 17.5. The molecule has 0 fully saturated rings. The molecule has 0 unspecified atom stereocenters. The molecule has 0 N–H and O–H groups in total. The lowest BCUT2D eigenvalue weighted by Crippen LogP contribution is -2.13. The summed E-state index contributed by atoms with van der Waals surface area (Å²) in [5.74, 6) is 0. The highest BCUT2D eigenvalue weighted by Crippen LogP contribution is 2.61. The molecule has 0 aliphatic carbocycles. The van der Waals surface area contributed by atoms with Crippen LogP contribution in [0.4, 0.5) is 0 Å². The molecule has 0 heterocycles. The molecule has 0 saturated heterocycles. The standard InChI is InChI=1S/C37H78P/c1-5-9-13-16-19-22-25-28-31-35-38(34-12-8-4,36-32-29-26-23-20-17-14-10-6-2)37-33-30-27-24-21-18-15-11-7-3/h5-37H2,1-4H3/q+1. The minimum atomic E-state index is -0.724. The highest BCUT2D eigenvalue weighted by Gasteiger charge is 2.34. The number of rotatable bonds is 33. The Hall–Kier alpha value is 0.430. The Labute approximate surface area is 245 Å². The monoisotopic (exact) mass is 554 g/mol. The van der Waals surface area contributed by atoms with E-state index in [2.05, 4.69) is 27.7 Å². The largest absolute Gasteiger partial charge is 0.0654 e. The van der Waals surface area contributed by atoms with Crippen LogP contribution < -0.4 is 0 Å². The average Bonchev–Trinajstić information content (AvgIpc) is 2.93. The highest BCUT2D eigenvalue weighted by molar-refractivity contribution is 7.75. The minimum absolute atomic E-state index is 0.724. The molecule has 0 radical (unpaired) electrons. The molecule has 0 aromatic carbocycles. The summed E-state index contributed by atoms with van der Waals surface area (Å²) >= 11 is 0. The van der Waals surface area contributed by atoms with Gasteiger partial charge in [-0.3, -0.25) is 0 Å². The van der Waals surface area contributed by atoms with Gasteiger partial charge in [0, 0.05) is 7.26 Å². The minimum Gasteiger partial charge on any atom is -0.0654 e. The van der Waals surface area contributed by atoms with Gasteiger partial charge >= 0.3 is 0 Å². The van der Waals surface area contributed by atoms with Crippen molar-refractivity contribution < 1.29 is 0 Å². The lowest BCUT2D eigenvalue weighted by molar-refractivity contribution is 0.568. The van der Waals surface area contributed by atoms with Crippen LogP contribution in [0.15, 0.2) is 0 Å². The van der Waals surface area contributed by atoms with Gasteiger partial charge < -0.3 is 0 Å². The van der Waals surface area contributed by atoms with E-state index < -0.39 is 7.26 Å². The van der Waals surface area contributed by atoms with Crippen molar-refractivity contribution in [1.82, 2.24) is 0 Å². The van der Waals surface area contributed by atoms with Crippen LogP contribution in [0.5, 0.6) is 0 Å². The van der Waals surface area contributed by atoms with Crippen LogP contribution in [0, 0.1) is 0 Å².